The monoisotopic (exact) mass is 339 g/mol. The Labute approximate surface area is 146 Å². The molecule has 5 heteroatoms. The van der Waals surface area contributed by atoms with E-state index in [1.165, 1.54) is 0 Å². The maximum Gasteiger partial charge on any atom is 0.173 e. The molecule has 1 heterocycles. The fourth-order valence-electron chi connectivity index (χ4n) is 3.03. The second-order valence-electron chi connectivity index (χ2n) is 5.83. The average Bonchev–Trinajstić information content (AvgIpc) is 3.04. The van der Waals surface area contributed by atoms with E-state index in [1.807, 2.05) is 44.2 Å². The molecule has 0 fully saturated rings. The molecule has 2 aromatic carbocycles. The van der Waals surface area contributed by atoms with Crippen molar-refractivity contribution in [3.63, 3.8) is 0 Å². The summed E-state index contributed by atoms with van der Waals surface area (Å²) in [6.45, 7) is 3.84. The van der Waals surface area contributed by atoms with E-state index in [0.717, 1.165) is 22.3 Å². The third kappa shape index (κ3) is 2.98. The van der Waals surface area contributed by atoms with Gasteiger partial charge in [-0.2, -0.15) is 0 Å². The standard InChI is InChI=1S/C20H21NO4/c1-12-6-5-7-13(2)18(12)20-16(11-22)19(21-25-20)15-9-8-14(23-3)10-17(15)24-4/h5-10,22H,11H2,1-4H3. The summed E-state index contributed by atoms with van der Waals surface area (Å²) in [5.74, 6) is 1.88. The summed E-state index contributed by atoms with van der Waals surface area (Å²) in [5, 5.41) is 14.2. The Hall–Kier alpha value is -2.79. The molecule has 0 spiro atoms. The number of rotatable bonds is 5. The lowest BCUT2D eigenvalue weighted by Crippen LogP contribution is -1.95. The van der Waals surface area contributed by atoms with Crippen LogP contribution in [-0.2, 0) is 6.61 Å². The van der Waals surface area contributed by atoms with E-state index < -0.39 is 0 Å². The zero-order valence-electron chi connectivity index (χ0n) is 14.8. The first-order valence-corrected chi connectivity index (χ1v) is 7.99. The maximum atomic E-state index is 9.99. The number of hydrogen-bond donors (Lipinski definition) is 1. The topological polar surface area (TPSA) is 64.7 Å². The summed E-state index contributed by atoms with van der Waals surface area (Å²) < 4.78 is 16.3. The van der Waals surface area contributed by atoms with Gasteiger partial charge in [0.2, 0.25) is 0 Å². The van der Waals surface area contributed by atoms with E-state index in [-0.39, 0.29) is 6.61 Å². The van der Waals surface area contributed by atoms with Gasteiger partial charge in [-0.3, -0.25) is 0 Å². The Morgan fingerprint density at radius 3 is 2.36 bits per heavy atom. The molecule has 5 nitrogen and oxygen atoms in total. The van der Waals surface area contributed by atoms with Crippen LogP contribution in [0.5, 0.6) is 11.5 Å². The molecule has 1 aromatic heterocycles. The third-order valence-electron chi connectivity index (χ3n) is 4.32. The number of aliphatic hydroxyl groups excluding tert-OH is 1. The van der Waals surface area contributed by atoms with Gasteiger partial charge in [-0.05, 0) is 37.1 Å². The lowest BCUT2D eigenvalue weighted by molar-refractivity contribution is 0.281. The van der Waals surface area contributed by atoms with Crippen LogP contribution in [0.3, 0.4) is 0 Å². The van der Waals surface area contributed by atoms with Gasteiger partial charge >= 0.3 is 0 Å². The van der Waals surface area contributed by atoms with Crippen molar-refractivity contribution in [2.75, 3.05) is 14.2 Å². The minimum Gasteiger partial charge on any atom is -0.497 e. The van der Waals surface area contributed by atoms with Gasteiger partial charge in [0.25, 0.3) is 0 Å². The van der Waals surface area contributed by atoms with Crippen molar-refractivity contribution in [2.24, 2.45) is 0 Å². The second-order valence-corrected chi connectivity index (χ2v) is 5.83. The number of aromatic nitrogens is 1. The molecule has 25 heavy (non-hydrogen) atoms. The molecule has 0 aliphatic rings. The molecule has 0 bridgehead atoms. The van der Waals surface area contributed by atoms with Crippen LogP contribution in [0.25, 0.3) is 22.6 Å². The van der Waals surface area contributed by atoms with E-state index in [0.29, 0.717) is 28.5 Å². The van der Waals surface area contributed by atoms with E-state index in [1.54, 1.807) is 20.3 Å². The zero-order chi connectivity index (χ0) is 18.0. The normalized spacial score (nSPS) is 10.8. The molecule has 0 aliphatic heterocycles. The Balaban J connectivity index is 2.19. The SMILES string of the molecule is COc1ccc(-c2noc(-c3c(C)cccc3C)c2CO)c(OC)c1. The highest BCUT2D eigenvalue weighted by Gasteiger charge is 2.23. The number of aryl methyl sites for hydroxylation is 2. The van der Waals surface area contributed by atoms with Crippen LogP contribution >= 0.6 is 0 Å². The van der Waals surface area contributed by atoms with Gasteiger partial charge in [0.05, 0.1) is 26.4 Å². The second kappa shape index (κ2) is 6.99. The summed E-state index contributed by atoms with van der Waals surface area (Å²) in [6.07, 6.45) is 0. The molecule has 0 amide bonds. The minimum atomic E-state index is -0.183. The third-order valence-corrected chi connectivity index (χ3v) is 4.32. The molecule has 3 rings (SSSR count). The van der Waals surface area contributed by atoms with E-state index in [4.69, 9.17) is 14.0 Å². The molecular weight excluding hydrogens is 318 g/mol. The molecule has 0 unspecified atom stereocenters. The van der Waals surface area contributed by atoms with Crippen molar-refractivity contribution < 1.29 is 19.1 Å². The number of hydrogen-bond acceptors (Lipinski definition) is 5. The van der Waals surface area contributed by atoms with Gasteiger partial charge in [0, 0.05) is 17.2 Å². The van der Waals surface area contributed by atoms with Gasteiger partial charge in [-0.15, -0.1) is 0 Å². The van der Waals surface area contributed by atoms with E-state index in [9.17, 15) is 5.11 Å². The van der Waals surface area contributed by atoms with Crippen LogP contribution < -0.4 is 9.47 Å². The van der Waals surface area contributed by atoms with Gasteiger partial charge in [-0.25, -0.2) is 0 Å². The Bertz CT molecular complexity index is 878. The van der Waals surface area contributed by atoms with E-state index in [2.05, 4.69) is 5.16 Å². The first-order chi connectivity index (χ1) is 12.1. The van der Waals surface area contributed by atoms with Crippen LogP contribution in [0.15, 0.2) is 40.9 Å². The molecule has 0 atom stereocenters. The molecular formula is C20H21NO4. The van der Waals surface area contributed by atoms with Crippen LogP contribution in [0.4, 0.5) is 0 Å². The van der Waals surface area contributed by atoms with Gasteiger partial charge in [0.1, 0.15) is 17.2 Å². The fourth-order valence-corrected chi connectivity index (χ4v) is 3.03. The summed E-state index contributed by atoms with van der Waals surface area (Å²) in [4.78, 5) is 0. The first kappa shape index (κ1) is 17.0. The van der Waals surface area contributed by atoms with Crippen molar-refractivity contribution in [1.82, 2.24) is 5.16 Å². The minimum absolute atomic E-state index is 0.183. The molecule has 0 saturated heterocycles. The van der Waals surface area contributed by atoms with Crippen molar-refractivity contribution in [2.45, 2.75) is 20.5 Å². The molecule has 1 N–H and O–H groups in total. The summed E-state index contributed by atoms with van der Waals surface area (Å²) >= 11 is 0. The van der Waals surface area contributed by atoms with Crippen LogP contribution in [0.2, 0.25) is 0 Å². The Morgan fingerprint density at radius 1 is 1.04 bits per heavy atom. The smallest absolute Gasteiger partial charge is 0.173 e. The van der Waals surface area contributed by atoms with Gasteiger partial charge < -0.3 is 19.1 Å². The predicted octanol–water partition coefficient (Wildman–Crippen LogP) is 4.13. The predicted molar refractivity (Wildman–Crippen MR) is 95.9 cm³/mol. The van der Waals surface area contributed by atoms with Crippen LogP contribution in [0.1, 0.15) is 16.7 Å². The lowest BCUT2D eigenvalue weighted by Gasteiger charge is -2.10. The largest absolute Gasteiger partial charge is 0.497 e. The van der Waals surface area contributed by atoms with Crippen molar-refractivity contribution >= 4 is 0 Å². The number of ether oxygens (including phenoxy) is 2. The number of nitrogens with zero attached hydrogens (tertiary/aromatic N) is 1. The summed E-state index contributed by atoms with van der Waals surface area (Å²) in [7, 11) is 3.19. The van der Waals surface area contributed by atoms with E-state index >= 15 is 0 Å². The van der Waals surface area contributed by atoms with Gasteiger partial charge in [-0.1, -0.05) is 23.4 Å². The summed E-state index contributed by atoms with van der Waals surface area (Å²) in [5.41, 5.74) is 5.05. The molecule has 0 saturated carbocycles. The highest BCUT2D eigenvalue weighted by atomic mass is 16.5. The molecule has 3 aromatic rings. The van der Waals surface area contributed by atoms with Gasteiger partial charge in [0.15, 0.2) is 5.76 Å². The Kier molecular flexibility index (Phi) is 4.76. The quantitative estimate of drug-likeness (QED) is 0.757. The molecule has 0 aliphatic carbocycles. The van der Waals surface area contributed by atoms with Crippen molar-refractivity contribution in [3.8, 4) is 34.1 Å². The maximum absolute atomic E-state index is 9.99. The van der Waals surface area contributed by atoms with Crippen LogP contribution in [0, 0.1) is 13.8 Å². The fraction of sp³-hybridized carbons (Fsp3) is 0.250. The summed E-state index contributed by atoms with van der Waals surface area (Å²) in [6, 6.07) is 11.5. The van der Waals surface area contributed by atoms with Crippen molar-refractivity contribution in [3.05, 3.63) is 53.1 Å². The Morgan fingerprint density at radius 2 is 1.76 bits per heavy atom. The number of methoxy groups -OCH3 is 2. The number of aliphatic hydroxyl groups is 1. The lowest BCUT2D eigenvalue weighted by atomic mass is 9.96. The van der Waals surface area contributed by atoms with Crippen LogP contribution in [-0.4, -0.2) is 24.5 Å². The molecule has 0 radical (unpaired) electrons. The first-order valence-electron chi connectivity index (χ1n) is 7.99. The average molecular weight is 339 g/mol. The molecule has 130 valence electrons. The highest BCUT2D eigenvalue weighted by molar-refractivity contribution is 5.78. The van der Waals surface area contributed by atoms with Crippen molar-refractivity contribution in [1.29, 1.82) is 0 Å². The highest BCUT2D eigenvalue weighted by Crippen LogP contribution is 2.39. The number of benzene rings is 2. The zero-order valence-corrected chi connectivity index (χ0v) is 14.8.